The van der Waals surface area contributed by atoms with Crippen molar-refractivity contribution >= 4 is 71.8 Å². The van der Waals surface area contributed by atoms with Crippen molar-refractivity contribution in [1.82, 2.24) is 9.97 Å². The van der Waals surface area contributed by atoms with E-state index >= 15 is 0 Å². The molecular weight excluding hydrogens is 493 g/mol. The Kier molecular flexibility index (Phi) is 4.35. The van der Waals surface area contributed by atoms with Gasteiger partial charge in [-0.3, -0.25) is 0 Å². The van der Waals surface area contributed by atoms with Crippen molar-refractivity contribution in [2.24, 2.45) is 5.16 Å². The van der Waals surface area contributed by atoms with Crippen LogP contribution in [0.4, 0.5) is 0 Å². The van der Waals surface area contributed by atoms with E-state index in [2.05, 4.69) is 47.0 Å². The predicted molar refractivity (Wildman–Crippen MR) is 108 cm³/mol. The third-order valence-corrected chi connectivity index (χ3v) is 6.36. The highest BCUT2D eigenvalue weighted by Gasteiger charge is 2.39. The highest BCUT2D eigenvalue weighted by Crippen LogP contribution is 2.37. The van der Waals surface area contributed by atoms with E-state index in [0.29, 0.717) is 16.5 Å². The van der Waals surface area contributed by atoms with Crippen molar-refractivity contribution in [3.05, 3.63) is 60.7 Å². The van der Waals surface area contributed by atoms with Gasteiger partial charge in [0.15, 0.2) is 11.4 Å². The van der Waals surface area contributed by atoms with Crippen LogP contribution in [-0.2, 0) is 10.4 Å². The van der Waals surface area contributed by atoms with E-state index in [-0.39, 0.29) is 0 Å². The van der Waals surface area contributed by atoms with Crippen LogP contribution in [0.5, 0.6) is 0 Å². The minimum Gasteiger partial charge on any atom is -0.381 e. The van der Waals surface area contributed by atoms with Crippen LogP contribution >= 0.6 is 55.1 Å². The highest BCUT2D eigenvalue weighted by atomic mass is 79.9. The van der Waals surface area contributed by atoms with Gasteiger partial charge in [-0.25, -0.2) is 4.98 Å². The second-order valence-electron chi connectivity index (χ2n) is 6.06. The molecule has 3 aromatic rings. The molecule has 25 heavy (non-hydrogen) atoms. The molecule has 128 valence electrons. The van der Waals surface area contributed by atoms with E-state index in [1.807, 2.05) is 31.2 Å². The van der Waals surface area contributed by atoms with Crippen LogP contribution in [0.15, 0.2) is 44.4 Å². The molecule has 0 fully saturated rings. The normalized spacial score (nSPS) is 20.0. The predicted octanol–water partition coefficient (Wildman–Crippen LogP) is 6.43. The fraction of sp³-hybridized carbons (Fsp3) is 0.176. The number of aromatic amines is 1. The lowest BCUT2D eigenvalue weighted by Gasteiger charge is -2.18. The van der Waals surface area contributed by atoms with Crippen LogP contribution in [-0.4, -0.2) is 15.7 Å². The highest BCUT2D eigenvalue weighted by molar-refractivity contribution is 9.13. The molecule has 4 nitrogen and oxygen atoms in total. The summed E-state index contributed by atoms with van der Waals surface area (Å²) in [4.78, 5) is 13.8. The lowest BCUT2D eigenvalue weighted by atomic mass is 9.95. The quantitative estimate of drug-likeness (QED) is 0.438. The zero-order chi connectivity index (χ0) is 17.8. The Morgan fingerprint density at radius 1 is 1.08 bits per heavy atom. The first-order valence-corrected chi connectivity index (χ1v) is 9.75. The number of hydrogen-bond acceptors (Lipinski definition) is 3. The number of rotatable bonds is 2. The van der Waals surface area contributed by atoms with E-state index < -0.39 is 5.60 Å². The summed E-state index contributed by atoms with van der Waals surface area (Å²) < 4.78 is 1.90. The van der Waals surface area contributed by atoms with Crippen LogP contribution in [0.25, 0.3) is 11.0 Å². The third-order valence-electron chi connectivity index (χ3n) is 4.08. The number of imidazole rings is 1. The molecule has 4 rings (SSSR count). The maximum Gasteiger partial charge on any atom is 0.197 e. The van der Waals surface area contributed by atoms with Crippen LogP contribution in [0.1, 0.15) is 24.7 Å². The monoisotopic (exact) mass is 501 g/mol. The van der Waals surface area contributed by atoms with Gasteiger partial charge in [0.1, 0.15) is 0 Å². The molecule has 1 unspecified atom stereocenters. The Bertz CT molecular complexity index is 975. The molecule has 0 radical (unpaired) electrons. The molecule has 1 aliphatic heterocycles. The number of nitrogens with one attached hydrogen (secondary N) is 1. The number of halogens is 4. The zero-order valence-corrected chi connectivity index (χ0v) is 17.6. The summed E-state index contributed by atoms with van der Waals surface area (Å²) >= 11 is 19.2. The Labute approximate surface area is 170 Å². The summed E-state index contributed by atoms with van der Waals surface area (Å²) in [5.41, 5.74) is 2.74. The van der Waals surface area contributed by atoms with E-state index in [4.69, 9.17) is 28.0 Å². The van der Waals surface area contributed by atoms with Gasteiger partial charge in [-0.1, -0.05) is 28.4 Å². The Hall–Kier alpha value is -1.08. The van der Waals surface area contributed by atoms with Crippen LogP contribution in [0, 0.1) is 0 Å². The minimum atomic E-state index is -0.678. The number of oxime groups is 1. The molecule has 2 heterocycles. The molecule has 1 aromatic heterocycles. The van der Waals surface area contributed by atoms with Crippen molar-refractivity contribution < 1.29 is 4.84 Å². The average Bonchev–Trinajstić information content (AvgIpc) is 3.12. The van der Waals surface area contributed by atoms with Crippen molar-refractivity contribution in [3.63, 3.8) is 0 Å². The topological polar surface area (TPSA) is 50.3 Å². The molecule has 8 heteroatoms. The molecular formula is C17H11Br2Cl2N3O. The molecule has 1 atom stereocenters. The Balaban J connectivity index is 1.68. The van der Waals surface area contributed by atoms with Crippen LogP contribution < -0.4 is 0 Å². The number of benzene rings is 2. The zero-order valence-electron chi connectivity index (χ0n) is 12.9. The minimum absolute atomic E-state index is 0.561. The molecule has 0 aliphatic carbocycles. The summed E-state index contributed by atoms with van der Waals surface area (Å²) in [6, 6.07) is 9.28. The number of hydrogen-bond donors (Lipinski definition) is 1. The summed E-state index contributed by atoms with van der Waals surface area (Å²) in [6.45, 7) is 1.96. The lowest BCUT2D eigenvalue weighted by molar-refractivity contribution is -0.0135. The van der Waals surface area contributed by atoms with Gasteiger partial charge in [-0.15, -0.1) is 0 Å². The van der Waals surface area contributed by atoms with Gasteiger partial charge in [-0.2, -0.15) is 0 Å². The fourth-order valence-electron chi connectivity index (χ4n) is 2.80. The van der Waals surface area contributed by atoms with E-state index in [1.165, 1.54) is 0 Å². The SMILES string of the molecule is CC1(c2nc3cc(Br)c(Br)cc3[nH]2)CC(c2cc(Cl)cc(Cl)c2)=NO1. The molecule has 2 aromatic carbocycles. The summed E-state index contributed by atoms with van der Waals surface area (Å²) in [5, 5.41) is 5.38. The van der Waals surface area contributed by atoms with Crippen molar-refractivity contribution in [1.29, 1.82) is 0 Å². The molecule has 1 N–H and O–H groups in total. The van der Waals surface area contributed by atoms with E-state index in [0.717, 1.165) is 37.1 Å². The first-order chi connectivity index (χ1) is 11.8. The molecule has 0 amide bonds. The molecule has 0 saturated carbocycles. The first kappa shape index (κ1) is 17.3. The van der Waals surface area contributed by atoms with E-state index in [9.17, 15) is 0 Å². The number of nitrogens with zero attached hydrogens (tertiary/aromatic N) is 2. The summed E-state index contributed by atoms with van der Waals surface area (Å²) in [6.07, 6.45) is 0.561. The van der Waals surface area contributed by atoms with E-state index in [1.54, 1.807) is 6.07 Å². The number of aromatic nitrogens is 2. The molecule has 0 bridgehead atoms. The van der Waals surface area contributed by atoms with Gasteiger partial charge in [-0.05, 0) is 69.1 Å². The Morgan fingerprint density at radius 3 is 2.48 bits per heavy atom. The first-order valence-electron chi connectivity index (χ1n) is 7.41. The van der Waals surface area contributed by atoms with Gasteiger partial charge in [0.25, 0.3) is 0 Å². The third kappa shape index (κ3) is 3.21. The second kappa shape index (κ2) is 6.27. The average molecular weight is 504 g/mol. The Morgan fingerprint density at radius 2 is 1.76 bits per heavy atom. The molecule has 0 saturated heterocycles. The second-order valence-corrected chi connectivity index (χ2v) is 8.65. The van der Waals surface area contributed by atoms with Crippen molar-refractivity contribution in [2.45, 2.75) is 18.9 Å². The summed E-state index contributed by atoms with van der Waals surface area (Å²) in [7, 11) is 0. The van der Waals surface area contributed by atoms with Crippen LogP contribution in [0.3, 0.4) is 0 Å². The van der Waals surface area contributed by atoms with Gasteiger partial charge >= 0.3 is 0 Å². The fourth-order valence-corrected chi connectivity index (χ4v) is 4.00. The van der Waals surface area contributed by atoms with Crippen LogP contribution in [0.2, 0.25) is 10.0 Å². The largest absolute Gasteiger partial charge is 0.381 e. The maximum absolute atomic E-state index is 6.09. The van der Waals surface area contributed by atoms with Gasteiger partial charge < -0.3 is 9.82 Å². The molecule has 1 aliphatic rings. The lowest BCUT2D eigenvalue weighted by Crippen LogP contribution is -2.23. The van der Waals surface area contributed by atoms with Crippen molar-refractivity contribution in [3.8, 4) is 0 Å². The smallest absolute Gasteiger partial charge is 0.197 e. The van der Waals surface area contributed by atoms with Gasteiger partial charge in [0.05, 0.1) is 16.7 Å². The number of fused-ring (bicyclic) bond motifs is 1. The van der Waals surface area contributed by atoms with Gasteiger partial charge in [0, 0.05) is 31.0 Å². The summed E-state index contributed by atoms with van der Waals surface area (Å²) in [5.74, 6) is 0.722. The standard InChI is InChI=1S/C17H11Br2Cl2N3O/c1-17(16-22-13-5-11(18)12(19)6-14(13)23-16)7-15(24-25-17)8-2-9(20)4-10(21)3-8/h2-6H,7H2,1H3,(H,22,23). The van der Waals surface area contributed by atoms with Gasteiger partial charge in [0.2, 0.25) is 0 Å². The number of H-pyrrole nitrogens is 1. The molecule has 0 spiro atoms. The maximum atomic E-state index is 6.09. The van der Waals surface area contributed by atoms with Crippen molar-refractivity contribution in [2.75, 3.05) is 0 Å².